The van der Waals surface area contributed by atoms with Gasteiger partial charge in [-0.3, -0.25) is 4.79 Å². The third kappa shape index (κ3) is 1.96. The van der Waals surface area contributed by atoms with Crippen LogP contribution in [0, 0.1) is 30.3 Å². The van der Waals surface area contributed by atoms with Gasteiger partial charge in [0, 0.05) is 24.6 Å². The Kier molecular flexibility index (Phi) is 3.30. The first-order valence-corrected chi connectivity index (χ1v) is 5.51. The van der Waals surface area contributed by atoms with Crippen molar-refractivity contribution in [1.82, 2.24) is 5.32 Å². The fraction of sp³-hybridized carbons (Fsp3) is 0.417. The monoisotopic (exact) mass is 259 g/mol. The van der Waals surface area contributed by atoms with E-state index in [1.54, 1.807) is 0 Å². The summed E-state index contributed by atoms with van der Waals surface area (Å²) in [6.07, 6.45) is 0. The summed E-state index contributed by atoms with van der Waals surface area (Å²) in [4.78, 5) is 11.0. The van der Waals surface area contributed by atoms with E-state index in [1.807, 2.05) is 0 Å². The van der Waals surface area contributed by atoms with Crippen LogP contribution < -0.4 is 5.32 Å². The van der Waals surface area contributed by atoms with Crippen LogP contribution in [0.4, 0.5) is 13.2 Å². The van der Waals surface area contributed by atoms with Crippen molar-refractivity contribution in [3.63, 3.8) is 0 Å². The first-order chi connectivity index (χ1) is 8.43. The van der Waals surface area contributed by atoms with Gasteiger partial charge in [-0.15, -0.1) is 0 Å². The molecule has 0 saturated carbocycles. The molecule has 1 aromatic carbocycles. The molecule has 1 heterocycles. The first-order valence-electron chi connectivity index (χ1n) is 5.51. The van der Waals surface area contributed by atoms with Crippen LogP contribution in [0.15, 0.2) is 6.07 Å². The Hall–Kier alpha value is -1.56. The zero-order valence-electron chi connectivity index (χ0n) is 9.64. The number of rotatable bonds is 2. The summed E-state index contributed by atoms with van der Waals surface area (Å²) in [5.74, 6) is -6.01. The first kappa shape index (κ1) is 12.9. The lowest BCUT2D eigenvalue weighted by molar-refractivity contribution is -0.141. The zero-order valence-corrected chi connectivity index (χ0v) is 9.64. The van der Waals surface area contributed by atoms with Crippen LogP contribution in [-0.2, 0) is 4.79 Å². The van der Waals surface area contributed by atoms with Crippen LogP contribution in [0.1, 0.15) is 17.0 Å². The number of benzene rings is 1. The summed E-state index contributed by atoms with van der Waals surface area (Å²) in [6, 6.07) is 0.890. The summed E-state index contributed by atoms with van der Waals surface area (Å²) in [5.41, 5.74) is -0.609. The Morgan fingerprint density at radius 2 is 2.00 bits per heavy atom. The van der Waals surface area contributed by atoms with Gasteiger partial charge in [-0.1, -0.05) is 0 Å². The van der Waals surface area contributed by atoms with Crippen LogP contribution in [0.25, 0.3) is 0 Å². The molecule has 2 atom stereocenters. The Bertz CT molecular complexity index is 505. The van der Waals surface area contributed by atoms with E-state index >= 15 is 0 Å². The third-order valence-electron chi connectivity index (χ3n) is 3.35. The Morgan fingerprint density at radius 3 is 2.61 bits per heavy atom. The van der Waals surface area contributed by atoms with Crippen LogP contribution in [0.3, 0.4) is 0 Å². The molecule has 1 aliphatic heterocycles. The van der Waals surface area contributed by atoms with Crippen molar-refractivity contribution < 1.29 is 23.1 Å². The second-order valence-corrected chi connectivity index (χ2v) is 4.41. The highest BCUT2D eigenvalue weighted by Gasteiger charge is 2.36. The summed E-state index contributed by atoms with van der Waals surface area (Å²) in [6.45, 7) is 1.49. The number of carboxylic acids is 1. The SMILES string of the molecule is Cc1c(F)cc(C2CNCC2C(=O)O)c(F)c1F. The molecule has 1 saturated heterocycles. The standard InChI is InChI=1S/C12H12F3NO2/c1-5-9(13)2-6(11(15)10(5)14)7-3-16-4-8(7)12(17)18/h2,7-8,16H,3-4H2,1H3,(H,17,18). The van der Waals surface area contributed by atoms with E-state index in [0.29, 0.717) is 0 Å². The molecule has 0 spiro atoms. The number of hydrogen-bond acceptors (Lipinski definition) is 2. The number of nitrogens with one attached hydrogen (secondary N) is 1. The quantitative estimate of drug-likeness (QED) is 0.796. The van der Waals surface area contributed by atoms with Crippen molar-refractivity contribution >= 4 is 5.97 Å². The second kappa shape index (κ2) is 4.61. The molecule has 6 heteroatoms. The normalized spacial score (nSPS) is 23.3. The molecule has 0 aliphatic carbocycles. The number of hydrogen-bond donors (Lipinski definition) is 2. The summed E-state index contributed by atoms with van der Waals surface area (Å²) in [5, 5.41) is 11.8. The average molecular weight is 259 g/mol. The molecule has 0 aromatic heterocycles. The molecule has 18 heavy (non-hydrogen) atoms. The van der Waals surface area contributed by atoms with Gasteiger partial charge in [-0.25, -0.2) is 13.2 Å². The van der Waals surface area contributed by atoms with E-state index in [1.165, 1.54) is 0 Å². The molecular formula is C12H12F3NO2. The van der Waals surface area contributed by atoms with E-state index in [2.05, 4.69) is 5.32 Å². The van der Waals surface area contributed by atoms with Gasteiger partial charge in [0.15, 0.2) is 11.6 Å². The maximum absolute atomic E-state index is 13.8. The van der Waals surface area contributed by atoms with Crippen molar-refractivity contribution in [2.24, 2.45) is 5.92 Å². The highest BCUT2D eigenvalue weighted by atomic mass is 19.2. The largest absolute Gasteiger partial charge is 0.481 e. The van der Waals surface area contributed by atoms with Crippen LogP contribution in [0.2, 0.25) is 0 Å². The maximum Gasteiger partial charge on any atom is 0.308 e. The summed E-state index contributed by atoms with van der Waals surface area (Å²) < 4.78 is 40.6. The fourth-order valence-corrected chi connectivity index (χ4v) is 2.24. The lowest BCUT2D eigenvalue weighted by atomic mass is 9.88. The molecular weight excluding hydrogens is 247 g/mol. The van der Waals surface area contributed by atoms with Crippen molar-refractivity contribution in [2.45, 2.75) is 12.8 Å². The van der Waals surface area contributed by atoms with Gasteiger partial charge >= 0.3 is 5.97 Å². The minimum Gasteiger partial charge on any atom is -0.481 e. The zero-order chi connectivity index (χ0) is 13.4. The number of halogens is 3. The smallest absolute Gasteiger partial charge is 0.308 e. The molecule has 1 fully saturated rings. The molecule has 1 aromatic rings. The van der Waals surface area contributed by atoms with Gasteiger partial charge in [0.1, 0.15) is 5.82 Å². The molecule has 1 aliphatic rings. The van der Waals surface area contributed by atoms with Crippen molar-refractivity contribution in [2.75, 3.05) is 13.1 Å². The highest BCUT2D eigenvalue weighted by Crippen LogP contribution is 2.32. The topological polar surface area (TPSA) is 49.3 Å². The Balaban J connectivity index is 2.48. The maximum atomic E-state index is 13.8. The lowest BCUT2D eigenvalue weighted by Crippen LogP contribution is -2.22. The summed E-state index contributed by atoms with van der Waals surface area (Å²) in [7, 11) is 0. The molecule has 0 bridgehead atoms. The number of carbonyl (C=O) groups is 1. The predicted octanol–water partition coefficient (Wildman–Crippen LogP) is 1.80. The van der Waals surface area contributed by atoms with Crippen molar-refractivity contribution in [3.05, 3.63) is 34.6 Å². The lowest BCUT2D eigenvalue weighted by Gasteiger charge is -2.17. The van der Waals surface area contributed by atoms with E-state index in [4.69, 9.17) is 5.11 Å². The van der Waals surface area contributed by atoms with Gasteiger partial charge in [-0.2, -0.15) is 0 Å². The molecule has 2 unspecified atom stereocenters. The molecule has 2 rings (SSSR count). The van der Waals surface area contributed by atoms with Gasteiger partial charge in [0.2, 0.25) is 0 Å². The van der Waals surface area contributed by atoms with E-state index in [9.17, 15) is 18.0 Å². The minimum atomic E-state index is -1.25. The predicted molar refractivity (Wildman–Crippen MR) is 57.8 cm³/mol. The summed E-state index contributed by atoms with van der Waals surface area (Å²) >= 11 is 0. The van der Waals surface area contributed by atoms with Gasteiger partial charge in [0.25, 0.3) is 0 Å². The highest BCUT2D eigenvalue weighted by molar-refractivity contribution is 5.72. The van der Waals surface area contributed by atoms with Gasteiger partial charge in [-0.05, 0) is 18.6 Å². The Labute approximate surface area is 102 Å². The third-order valence-corrected chi connectivity index (χ3v) is 3.35. The second-order valence-electron chi connectivity index (χ2n) is 4.41. The van der Waals surface area contributed by atoms with E-state index in [0.717, 1.165) is 13.0 Å². The minimum absolute atomic E-state index is 0.163. The molecule has 0 radical (unpaired) electrons. The number of aliphatic carboxylic acids is 1. The molecule has 3 nitrogen and oxygen atoms in total. The Morgan fingerprint density at radius 1 is 1.33 bits per heavy atom. The number of carboxylic acid groups (broad SMARTS) is 1. The van der Waals surface area contributed by atoms with Gasteiger partial charge in [0.05, 0.1) is 5.92 Å². The molecule has 0 amide bonds. The average Bonchev–Trinajstić information content (AvgIpc) is 2.80. The van der Waals surface area contributed by atoms with Crippen molar-refractivity contribution in [1.29, 1.82) is 0 Å². The van der Waals surface area contributed by atoms with Crippen LogP contribution >= 0.6 is 0 Å². The fourth-order valence-electron chi connectivity index (χ4n) is 2.24. The van der Waals surface area contributed by atoms with Crippen molar-refractivity contribution in [3.8, 4) is 0 Å². The van der Waals surface area contributed by atoms with Crippen LogP contribution in [0.5, 0.6) is 0 Å². The van der Waals surface area contributed by atoms with E-state index in [-0.39, 0.29) is 18.7 Å². The van der Waals surface area contributed by atoms with Crippen LogP contribution in [-0.4, -0.2) is 24.2 Å². The molecule has 98 valence electrons. The molecule has 2 N–H and O–H groups in total. The van der Waals surface area contributed by atoms with Gasteiger partial charge < -0.3 is 10.4 Å². The van der Waals surface area contributed by atoms with E-state index < -0.39 is 40.8 Å².